The van der Waals surface area contributed by atoms with Gasteiger partial charge >= 0.3 is 0 Å². The van der Waals surface area contributed by atoms with E-state index in [1.54, 1.807) is 0 Å². The summed E-state index contributed by atoms with van der Waals surface area (Å²) in [6, 6.07) is 8.37. The van der Waals surface area contributed by atoms with Crippen molar-refractivity contribution < 1.29 is 5.11 Å². The van der Waals surface area contributed by atoms with Gasteiger partial charge in [-0.1, -0.05) is 28.1 Å². The van der Waals surface area contributed by atoms with E-state index in [4.69, 9.17) is 5.73 Å². The Morgan fingerprint density at radius 2 is 2.06 bits per heavy atom. The molecule has 0 amide bonds. The van der Waals surface area contributed by atoms with Crippen LogP contribution in [-0.4, -0.2) is 35.2 Å². The summed E-state index contributed by atoms with van der Waals surface area (Å²) in [4.78, 5) is 2.37. The van der Waals surface area contributed by atoms with Crippen molar-refractivity contribution in [3.05, 3.63) is 34.3 Å². The maximum atomic E-state index is 10.0. The average Bonchev–Trinajstić information content (AvgIpc) is 2.33. The Morgan fingerprint density at radius 1 is 1.35 bits per heavy atom. The van der Waals surface area contributed by atoms with Crippen LogP contribution >= 0.6 is 15.9 Å². The van der Waals surface area contributed by atoms with E-state index in [1.165, 1.54) is 5.56 Å². The van der Waals surface area contributed by atoms with Crippen molar-refractivity contribution in [3.8, 4) is 0 Å². The minimum Gasteiger partial charge on any atom is -0.388 e. The van der Waals surface area contributed by atoms with Crippen LogP contribution in [0.15, 0.2) is 28.7 Å². The highest BCUT2D eigenvalue weighted by Crippen LogP contribution is 2.22. The van der Waals surface area contributed by atoms with Gasteiger partial charge in [-0.25, -0.2) is 0 Å². The highest BCUT2D eigenvalue weighted by atomic mass is 79.9. The van der Waals surface area contributed by atoms with E-state index in [1.807, 2.05) is 6.07 Å². The van der Waals surface area contributed by atoms with E-state index in [0.717, 1.165) is 36.9 Å². The van der Waals surface area contributed by atoms with Crippen LogP contribution in [-0.2, 0) is 6.54 Å². The number of piperidine rings is 1. The second-order valence-electron chi connectivity index (χ2n) is 4.83. The van der Waals surface area contributed by atoms with E-state index in [2.05, 4.69) is 39.0 Å². The molecule has 1 saturated heterocycles. The standard InChI is InChI=1S/C13H19BrN2O/c14-12-3-1-2-11(8-12)9-16-6-4-13(17,10-15)5-7-16/h1-3,8,17H,4-7,9-10,15H2. The zero-order valence-corrected chi connectivity index (χ0v) is 11.5. The van der Waals surface area contributed by atoms with Gasteiger partial charge in [-0.2, -0.15) is 0 Å². The summed E-state index contributed by atoms with van der Waals surface area (Å²) >= 11 is 3.48. The Balaban J connectivity index is 1.90. The minimum atomic E-state index is -0.631. The molecule has 1 aliphatic heterocycles. The van der Waals surface area contributed by atoms with Crippen LogP contribution in [0.25, 0.3) is 0 Å². The van der Waals surface area contributed by atoms with Gasteiger partial charge in [0, 0.05) is 30.7 Å². The van der Waals surface area contributed by atoms with Crippen molar-refractivity contribution in [2.24, 2.45) is 5.73 Å². The smallest absolute Gasteiger partial charge is 0.0793 e. The predicted molar refractivity (Wildman–Crippen MR) is 72.7 cm³/mol. The molecule has 1 heterocycles. The van der Waals surface area contributed by atoms with Crippen LogP contribution in [0.5, 0.6) is 0 Å². The first kappa shape index (κ1) is 13.0. The first-order valence-corrected chi connectivity index (χ1v) is 6.80. The van der Waals surface area contributed by atoms with Gasteiger partial charge in [-0.05, 0) is 30.5 Å². The zero-order chi connectivity index (χ0) is 12.3. The molecule has 3 nitrogen and oxygen atoms in total. The molecule has 0 spiro atoms. The van der Waals surface area contributed by atoms with Gasteiger partial charge in [-0.15, -0.1) is 0 Å². The number of benzene rings is 1. The monoisotopic (exact) mass is 298 g/mol. The Bertz CT molecular complexity index is 375. The normalized spacial score (nSPS) is 20.4. The fourth-order valence-corrected chi connectivity index (χ4v) is 2.67. The fourth-order valence-electron chi connectivity index (χ4n) is 2.23. The molecule has 1 fully saturated rings. The maximum absolute atomic E-state index is 10.0. The largest absolute Gasteiger partial charge is 0.388 e. The molecule has 0 radical (unpaired) electrons. The van der Waals surface area contributed by atoms with Gasteiger partial charge in [-0.3, -0.25) is 4.90 Å². The van der Waals surface area contributed by atoms with E-state index in [9.17, 15) is 5.11 Å². The second kappa shape index (κ2) is 5.48. The zero-order valence-electron chi connectivity index (χ0n) is 9.90. The highest BCUT2D eigenvalue weighted by Gasteiger charge is 2.30. The number of nitrogens with two attached hydrogens (primary N) is 1. The van der Waals surface area contributed by atoms with E-state index < -0.39 is 5.60 Å². The summed E-state index contributed by atoms with van der Waals surface area (Å²) in [5.74, 6) is 0. The van der Waals surface area contributed by atoms with Gasteiger partial charge in [0.1, 0.15) is 0 Å². The summed E-state index contributed by atoms with van der Waals surface area (Å²) in [5.41, 5.74) is 6.25. The molecule has 2 rings (SSSR count). The molecule has 1 aromatic rings. The molecule has 94 valence electrons. The van der Waals surface area contributed by atoms with E-state index in [-0.39, 0.29) is 0 Å². The molecule has 0 aromatic heterocycles. The van der Waals surface area contributed by atoms with Crippen LogP contribution in [0.2, 0.25) is 0 Å². The molecule has 1 aromatic carbocycles. The Morgan fingerprint density at radius 3 is 2.65 bits per heavy atom. The van der Waals surface area contributed by atoms with Gasteiger partial charge < -0.3 is 10.8 Å². The lowest BCUT2D eigenvalue weighted by Crippen LogP contribution is -2.48. The third-order valence-electron chi connectivity index (χ3n) is 3.46. The molecular formula is C13H19BrN2O. The average molecular weight is 299 g/mol. The number of hydrogen-bond donors (Lipinski definition) is 2. The van der Waals surface area contributed by atoms with Crippen molar-refractivity contribution in [1.29, 1.82) is 0 Å². The Labute approximate surface area is 111 Å². The van der Waals surface area contributed by atoms with Crippen molar-refractivity contribution in [3.63, 3.8) is 0 Å². The summed E-state index contributed by atoms with van der Waals surface area (Å²) in [5, 5.41) is 10.0. The van der Waals surface area contributed by atoms with E-state index in [0.29, 0.717) is 6.54 Å². The first-order valence-electron chi connectivity index (χ1n) is 6.01. The number of nitrogens with zero attached hydrogens (tertiary/aromatic N) is 1. The molecule has 17 heavy (non-hydrogen) atoms. The third kappa shape index (κ3) is 3.52. The van der Waals surface area contributed by atoms with Crippen molar-refractivity contribution >= 4 is 15.9 Å². The van der Waals surface area contributed by atoms with Crippen LogP contribution in [0.1, 0.15) is 18.4 Å². The number of aliphatic hydroxyl groups is 1. The molecule has 0 bridgehead atoms. The molecule has 0 unspecified atom stereocenters. The second-order valence-corrected chi connectivity index (χ2v) is 5.75. The summed E-state index contributed by atoms with van der Waals surface area (Å²) in [6.45, 7) is 3.15. The van der Waals surface area contributed by atoms with Gasteiger partial charge in [0.2, 0.25) is 0 Å². The Hall–Kier alpha value is -0.420. The maximum Gasteiger partial charge on any atom is 0.0793 e. The Kier molecular flexibility index (Phi) is 4.20. The number of rotatable bonds is 3. The molecule has 3 N–H and O–H groups in total. The summed E-state index contributed by atoms with van der Waals surface area (Å²) in [7, 11) is 0. The molecule has 1 aliphatic rings. The lowest BCUT2D eigenvalue weighted by Gasteiger charge is -2.37. The number of hydrogen-bond acceptors (Lipinski definition) is 3. The van der Waals surface area contributed by atoms with Crippen LogP contribution in [0, 0.1) is 0 Å². The predicted octanol–water partition coefficient (Wildman–Crippen LogP) is 1.73. The SMILES string of the molecule is NCC1(O)CCN(Cc2cccc(Br)c2)CC1. The summed E-state index contributed by atoms with van der Waals surface area (Å²) in [6.07, 6.45) is 1.55. The van der Waals surface area contributed by atoms with Crippen molar-refractivity contribution in [2.45, 2.75) is 25.0 Å². The molecule has 0 saturated carbocycles. The highest BCUT2D eigenvalue weighted by molar-refractivity contribution is 9.10. The number of halogens is 1. The van der Waals surface area contributed by atoms with Gasteiger partial charge in [0.25, 0.3) is 0 Å². The molecule has 0 aliphatic carbocycles. The summed E-state index contributed by atoms with van der Waals surface area (Å²) < 4.78 is 1.12. The van der Waals surface area contributed by atoms with Crippen molar-refractivity contribution in [1.82, 2.24) is 4.90 Å². The van der Waals surface area contributed by atoms with Gasteiger partial charge in [0.05, 0.1) is 5.60 Å². The molecule has 4 heteroatoms. The first-order chi connectivity index (χ1) is 8.11. The lowest BCUT2D eigenvalue weighted by molar-refractivity contribution is -0.0153. The van der Waals surface area contributed by atoms with Gasteiger partial charge in [0.15, 0.2) is 0 Å². The fraction of sp³-hybridized carbons (Fsp3) is 0.538. The molecular weight excluding hydrogens is 280 g/mol. The minimum absolute atomic E-state index is 0.373. The van der Waals surface area contributed by atoms with Crippen LogP contribution in [0.3, 0.4) is 0 Å². The quantitative estimate of drug-likeness (QED) is 0.894. The number of likely N-dealkylation sites (tertiary alicyclic amines) is 1. The topological polar surface area (TPSA) is 49.5 Å². The van der Waals surface area contributed by atoms with Crippen LogP contribution < -0.4 is 5.73 Å². The third-order valence-corrected chi connectivity index (χ3v) is 3.96. The lowest BCUT2D eigenvalue weighted by atomic mass is 9.91. The molecule has 0 atom stereocenters. The van der Waals surface area contributed by atoms with Crippen molar-refractivity contribution in [2.75, 3.05) is 19.6 Å². The van der Waals surface area contributed by atoms with E-state index >= 15 is 0 Å². The van der Waals surface area contributed by atoms with Crippen LogP contribution in [0.4, 0.5) is 0 Å².